The largest absolute Gasteiger partial charge is 0.353 e. The molecule has 0 aliphatic carbocycles. The van der Waals surface area contributed by atoms with E-state index in [9.17, 15) is 14.4 Å². The van der Waals surface area contributed by atoms with E-state index in [-0.39, 0.29) is 29.9 Å². The first-order valence-electron chi connectivity index (χ1n) is 15.4. The predicted octanol–water partition coefficient (Wildman–Crippen LogP) is 6.68. The van der Waals surface area contributed by atoms with Crippen LogP contribution >= 0.6 is 11.3 Å². The normalized spacial score (nSPS) is 15.7. The first kappa shape index (κ1) is 31.8. The van der Waals surface area contributed by atoms with Crippen molar-refractivity contribution in [3.05, 3.63) is 76.8 Å². The van der Waals surface area contributed by atoms with E-state index in [2.05, 4.69) is 36.2 Å². The zero-order valence-corrected chi connectivity index (χ0v) is 26.1. The number of piperidine rings is 1. The number of hydrogen-bond acceptors (Lipinski definition) is 6. The number of thiazole rings is 1. The molecular formula is C35H45N3O3S. The topological polar surface area (TPSA) is 79.4 Å². The first-order valence-corrected chi connectivity index (χ1v) is 16.2. The van der Waals surface area contributed by atoms with E-state index in [0.717, 1.165) is 40.4 Å². The summed E-state index contributed by atoms with van der Waals surface area (Å²) in [4.78, 5) is 45.7. The number of benzene rings is 2. The Balaban J connectivity index is 1.41. The smallest absolute Gasteiger partial charge is 0.224 e. The van der Waals surface area contributed by atoms with Gasteiger partial charge in [0, 0.05) is 31.8 Å². The van der Waals surface area contributed by atoms with E-state index in [0.29, 0.717) is 31.6 Å². The standard InChI is InChI=1S/C35H45N3O3S/c1-25(2)28-14-17-32-33(23-28)42-34(37-32)24-29(21-26(3)39)35(41)36-30(22-27-11-6-4-7-12-27)15-16-31(40)13-10-20-38-18-8-5-9-19-38/h4,6-7,10-14,17,23,25,29-30H,5,8-9,15-16,18-22,24H2,1-3H3,(H,36,41)/b13-10+/t29-,30+/m0/s1. The van der Waals surface area contributed by atoms with Gasteiger partial charge in [-0.2, -0.15) is 0 Å². The van der Waals surface area contributed by atoms with Gasteiger partial charge in [0.2, 0.25) is 5.91 Å². The van der Waals surface area contributed by atoms with Crippen LogP contribution < -0.4 is 5.32 Å². The summed E-state index contributed by atoms with van der Waals surface area (Å²) >= 11 is 1.60. The maximum absolute atomic E-state index is 13.6. The number of likely N-dealkylation sites (tertiary alicyclic amines) is 1. The Bertz CT molecular complexity index is 1360. The highest BCUT2D eigenvalue weighted by atomic mass is 32.1. The molecule has 0 bridgehead atoms. The van der Waals surface area contributed by atoms with Gasteiger partial charge in [-0.25, -0.2) is 4.98 Å². The molecule has 1 aliphatic heterocycles. The van der Waals surface area contributed by atoms with Gasteiger partial charge in [0.15, 0.2) is 5.78 Å². The molecule has 7 heteroatoms. The number of aromatic nitrogens is 1. The van der Waals surface area contributed by atoms with Crippen molar-refractivity contribution in [2.24, 2.45) is 5.92 Å². The molecule has 2 atom stereocenters. The van der Waals surface area contributed by atoms with Gasteiger partial charge in [-0.1, -0.05) is 62.7 Å². The lowest BCUT2D eigenvalue weighted by Crippen LogP contribution is -2.41. The van der Waals surface area contributed by atoms with Crippen LogP contribution in [-0.4, -0.2) is 53.0 Å². The number of hydrogen-bond donors (Lipinski definition) is 1. The number of amides is 1. The minimum absolute atomic E-state index is 0.0213. The number of Topliss-reactive ketones (excluding diaryl/α,β-unsaturated/α-hetero) is 1. The summed E-state index contributed by atoms with van der Waals surface area (Å²) in [5.41, 5.74) is 3.29. The zero-order chi connectivity index (χ0) is 29.9. The van der Waals surface area contributed by atoms with E-state index < -0.39 is 5.92 Å². The molecule has 2 aromatic carbocycles. The molecule has 1 amide bonds. The highest BCUT2D eigenvalue weighted by Crippen LogP contribution is 2.28. The summed E-state index contributed by atoms with van der Waals surface area (Å²) in [6, 6.07) is 16.1. The van der Waals surface area contributed by atoms with Gasteiger partial charge in [0.1, 0.15) is 5.78 Å². The van der Waals surface area contributed by atoms with Gasteiger partial charge >= 0.3 is 0 Å². The van der Waals surface area contributed by atoms with Crippen LogP contribution in [0, 0.1) is 5.92 Å². The van der Waals surface area contributed by atoms with Crippen LogP contribution in [0.5, 0.6) is 0 Å². The van der Waals surface area contributed by atoms with Crippen LogP contribution in [0.1, 0.15) is 81.3 Å². The summed E-state index contributed by atoms with van der Waals surface area (Å²) in [5.74, 6) is -0.177. The Morgan fingerprint density at radius 1 is 1.02 bits per heavy atom. The van der Waals surface area contributed by atoms with Gasteiger partial charge in [0.25, 0.3) is 0 Å². The molecule has 6 nitrogen and oxygen atoms in total. The summed E-state index contributed by atoms with van der Waals surface area (Å²) in [6.45, 7) is 8.88. The van der Waals surface area contributed by atoms with Crippen molar-refractivity contribution >= 4 is 39.0 Å². The second-order valence-corrected chi connectivity index (χ2v) is 13.1. The average molecular weight is 588 g/mol. The fourth-order valence-corrected chi connectivity index (χ4v) is 6.66. The van der Waals surface area contributed by atoms with Crippen molar-refractivity contribution in [3.8, 4) is 0 Å². The number of carbonyl (C=O) groups is 3. The molecule has 1 aliphatic rings. The van der Waals surface area contributed by atoms with Crippen molar-refractivity contribution in [3.63, 3.8) is 0 Å². The molecule has 42 heavy (non-hydrogen) atoms. The lowest BCUT2D eigenvalue weighted by molar-refractivity contribution is -0.129. The lowest BCUT2D eigenvalue weighted by Gasteiger charge is -2.24. The van der Waals surface area contributed by atoms with Crippen LogP contribution in [0.3, 0.4) is 0 Å². The molecule has 0 saturated carbocycles. The number of carbonyl (C=O) groups excluding carboxylic acids is 3. The minimum atomic E-state index is -0.508. The number of nitrogens with zero attached hydrogens (tertiary/aromatic N) is 2. The van der Waals surface area contributed by atoms with E-state index in [4.69, 9.17) is 4.98 Å². The third-order valence-corrected chi connectivity index (χ3v) is 9.02. The van der Waals surface area contributed by atoms with Crippen molar-refractivity contribution in [1.29, 1.82) is 0 Å². The highest BCUT2D eigenvalue weighted by molar-refractivity contribution is 7.18. The summed E-state index contributed by atoms with van der Waals surface area (Å²) in [7, 11) is 0. The van der Waals surface area contributed by atoms with E-state index in [1.54, 1.807) is 17.4 Å². The molecule has 1 aromatic heterocycles. The van der Waals surface area contributed by atoms with Crippen molar-refractivity contribution in [2.45, 2.75) is 84.1 Å². The number of allylic oxidation sites excluding steroid dienone is 1. The molecule has 224 valence electrons. The van der Waals surface area contributed by atoms with Gasteiger partial charge < -0.3 is 10.1 Å². The number of rotatable bonds is 15. The summed E-state index contributed by atoms with van der Waals surface area (Å²) in [5, 5.41) is 4.08. The second-order valence-electron chi connectivity index (χ2n) is 12.0. The molecule has 0 unspecified atom stereocenters. The van der Waals surface area contributed by atoms with Gasteiger partial charge in [-0.15, -0.1) is 11.3 Å². The van der Waals surface area contributed by atoms with Crippen LogP contribution in [-0.2, 0) is 27.2 Å². The van der Waals surface area contributed by atoms with E-state index in [1.165, 1.54) is 31.7 Å². The molecule has 3 aromatic rings. The van der Waals surface area contributed by atoms with Crippen LogP contribution in [0.15, 0.2) is 60.7 Å². The number of ketones is 2. The third kappa shape index (κ3) is 9.99. The number of fused-ring (bicyclic) bond motifs is 1. The maximum atomic E-state index is 13.6. The molecule has 0 spiro atoms. The highest BCUT2D eigenvalue weighted by Gasteiger charge is 2.25. The van der Waals surface area contributed by atoms with Crippen LogP contribution in [0.25, 0.3) is 10.2 Å². The molecule has 1 saturated heterocycles. The van der Waals surface area contributed by atoms with E-state index in [1.807, 2.05) is 42.5 Å². The molecular weight excluding hydrogens is 542 g/mol. The monoisotopic (exact) mass is 587 g/mol. The van der Waals surface area contributed by atoms with E-state index >= 15 is 0 Å². The molecule has 2 heterocycles. The Hall–Kier alpha value is -3.16. The Kier molecular flexibility index (Phi) is 12.0. The van der Waals surface area contributed by atoms with Crippen molar-refractivity contribution in [1.82, 2.24) is 15.2 Å². The van der Waals surface area contributed by atoms with Gasteiger partial charge in [0.05, 0.1) is 21.1 Å². The lowest BCUT2D eigenvalue weighted by atomic mass is 9.95. The molecule has 0 radical (unpaired) electrons. The summed E-state index contributed by atoms with van der Waals surface area (Å²) < 4.78 is 1.10. The quantitative estimate of drug-likeness (QED) is 0.201. The fourth-order valence-electron chi connectivity index (χ4n) is 5.57. The predicted molar refractivity (Wildman–Crippen MR) is 172 cm³/mol. The SMILES string of the molecule is CC(=O)C[C@@H](Cc1nc2ccc(C(C)C)cc2s1)C(=O)N[C@H](CCC(=O)/C=C/CN1CCCCC1)Cc1ccccc1. The zero-order valence-electron chi connectivity index (χ0n) is 25.3. The Morgan fingerprint density at radius 3 is 2.50 bits per heavy atom. The summed E-state index contributed by atoms with van der Waals surface area (Å²) in [6.07, 6.45) is 9.53. The second kappa shape index (κ2) is 15.9. The fraction of sp³-hybridized carbons (Fsp3) is 0.486. The van der Waals surface area contributed by atoms with Crippen LogP contribution in [0.2, 0.25) is 0 Å². The van der Waals surface area contributed by atoms with Crippen molar-refractivity contribution in [2.75, 3.05) is 19.6 Å². The maximum Gasteiger partial charge on any atom is 0.224 e. The van der Waals surface area contributed by atoms with Crippen molar-refractivity contribution < 1.29 is 14.4 Å². The third-order valence-electron chi connectivity index (χ3n) is 7.98. The molecule has 4 rings (SSSR count). The van der Waals surface area contributed by atoms with Crippen LogP contribution in [0.4, 0.5) is 0 Å². The van der Waals surface area contributed by atoms with Gasteiger partial charge in [-0.3, -0.25) is 14.5 Å². The average Bonchev–Trinajstić information content (AvgIpc) is 3.38. The first-order chi connectivity index (χ1) is 20.3. The molecule has 1 N–H and O–H groups in total. The number of nitrogens with one attached hydrogen (secondary N) is 1. The Labute approximate surface area is 254 Å². The van der Waals surface area contributed by atoms with Gasteiger partial charge in [-0.05, 0) is 81.0 Å². The Morgan fingerprint density at radius 2 is 1.79 bits per heavy atom. The molecule has 1 fully saturated rings. The minimum Gasteiger partial charge on any atom is -0.353 e.